The normalized spacial score (nSPS) is 10.9. The minimum atomic E-state index is -3.71. The summed E-state index contributed by atoms with van der Waals surface area (Å²) in [5.41, 5.74) is 7.27. The van der Waals surface area contributed by atoms with Crippen LogP contribution in [0.2, 0.25) is 0 Å². The first-order valence-corrected chi connectivity index (χ1v) is 10.2. The number of hydrogen-bond donors (Lipinski definition) is 3. The second-order valence-electron chi connectivity index (χ2n) is 6.13. The van der Waals surface area contributed by atoms with Gasteiger partial charge in [0.1, 0.15) is 0 Å². The lowest BCUT2D eigenvalue weighted by atomic mass is 9.98. The van der Waals surface area contributed by atoms with Gasteiger partial charge in [0.2, 0.25) is 0 Å². The molecule has 154 valence electrons. The maximum Gasteiger partial charge on any atom is 0.338 e. The van der Waals surface area contributed by atoms with Crippen molar-refractivity contribution >= 4 is 33.9 Å². The molecule has 0 spiro atoms. The molecule has 0 aliphatic rings. The number of sulfone groups is 1. The first-order valence-electron chi connectivity index (χ1n) is 8.57. The Balaban J connectivity index is 0.00000300. The number of carbonyl (C=O) groups is 1. The summed E-state index contributed by atoms with van der Waals surface area (Å²) >= 11 is 0. The number of carboxylic acids is 1. The molecule has 0 aliphatic carbocycles. The third kappa shape index (κ3) is 4.97. The van der Waals surface area contributed by atoms with Crippen LogP contribution in [0.1, 0.15) is 15.9 Å². The third-order valence-corrected chi connectivity index (χ3v) is 5.91. The Morgan fingerprint density at radius 3 is 2.41 bits per heavy atom. The van der Waals surface area contributed by atoms with Crippen LogP contribution in [0.5, 0.6) is 0 Å². The van der Waals surface area contributed by atoms with E-state index in [4.69, 9.17) is 10.2 Å². The highest BCUT2D eigenvalue weighted by atomic mass is 35.5. The van der Waals surface area contributed by atoms with Gasteiger partial charge in [-0.1, -0.05) is 30.3 Å². The largest absolute Gasteiger partial charge is 0.478 e. The molecule has 0 saturated carbocycles. The van der Waals surface area contributed by atoms with Crippen LogP contribution in [0.15, 0.2) is 70.4 Å². The highest BCUT2D eigenvalue weighted by Gasteiger charge is 2.24. The van der Waals surface area contributed by atoms with E-state index < -0.39 is 21.6 Å². The van der Waals surface area contributed by atoms with Gasteiger partial charge in [0.25, 0.3) is 0 Å². The zero-order valence-electron chi connectivity index (χ0n) is 15.4. The average Bonchev–Trinajstić information content (AvgIpc) is 3.21. The third-order valence-electron chi connectivity index (χ3n) is 4.23. The molecule has 7 nitrogen and oxygen atoms in total. The monoisotopic (exact) mass is 436 g/mol. The lowest BCUT2D eigenvalue weighted by molar-refractivity contribution is 0.0697. The number of nitrogens with one attached hydrogen (secondary N) is 1. The van der Waals surface area contributed by atoms with Crippen molar-refractivity contribution in [3.63, 3.8) is 0 Å². The maximum atomic E-state index is 12.8. The molecule has 3 rings (SSSR count). The highest BCUT2D eigenvalue weighted by molar-refractivity contribution is 7.90. The topological polar surface area (TPSA) is 123 Å². The predicted molar refractivity (Wildman–Crippen MR) is 113 cm³/mol. The molecule has 0 radical (unpaired) electrons. The van der Waals surface area contributed by atoms with Crippen molar-refractivity contribution < 1.29 is 22.7 Å². The molecule has 0 bridgehead atoms. The standard InChI is InChI=1S/C20H20N2O5S.ClH/c21-9-10-22-19-17(14-8-11-27-12-14)7-6-15(18(19)20(23)24)13-28(25,26)16-4-2-1-3-5-16;/h1-8,11-12,22H,9-10,13,21H2,(H,23,24);1H. The van der Waals surface area contributed by atoms with Crippen molar-refractivity contribution in [1.82, 2.24) is 0 Å². The van der Waals surface area contributed by atoms with E-state index in [1.54, 1.807) is 30.3 Å². The van der Waals surface area contributed by atoms with Gasteiger partial charge in [-0.2, -0.15) is 0 Å². The molecule has 1 aromatic heterocycles. The molecule has 9 heteroatoms. The summed E-state index contributed by atoms with van der Waals surface area (Å²) < 4.78 is 30.6. The Kier molecular flexibility index (Phi) is 7.44. The summed E-state index contributed by atoms with van der Waals surface area (Å²) in [6.45, 7) is 0.621. The number of benzene rings is 2. The number of nitrogens with two attached hydrogens (primary N) is 1. The minimum Gasteiger partial charge on any atom is -0.478 e. The Labute approximate surface area is 174 Å². The van der Waals surface area contributed by atoms with Crippen LogP contribution in [0.4, 0.5) is 5.69 Å². The van der Waals surface area contributed by atoms with Crippen molar-refractivity contribution in [3.05, 3.63) is 72.2 Å². The van der Waals surface area contributed by atoms with E-state index in [1.165, 1.54) is 30.7 Å². The van der Waals surface area contributed by atoms with Crippen LogP contribution >= 0.6 is 12.4 Å². The number of carboxylic acid groups (broad SMARTS) is 1. The van der Waals surface area contributed by atoms with E-state index in [1.807, 2.05) is 0 Å². The zero-order chi connectivity index (χ0) is 20.1. The molecule has 29 heavy (non-hydrogen) atoms. The number of furan rings is 1. The fourth-order valence-corrected chi connectivity index (χ4v) is 4.35. The van der Waals surface area contributed by atoms with Gasteiger partial charge in [-0.3, -0.25) is 0 Å². The van der Waals surface area contributed by atoms with Crippen LogP contribution in [0, 0.1) is 0 Å². The van der Waals surface area contributed by atoms with Crippen LogP contribution in [0.25, 0.3) is 11.1 Å². The quantitative estimate of drug-likeness (QED) is 0.494. The molecule has 1 heterocycles. The van der Waals surface area contributed by atoms with Gasteiger partial charge in [0.15, 0.2) is 9.84 Å². The second kappa shape index (κ2) is 9.60. The Bertz CT molecular complexity index is 1070. The molecule has 0 unspecified atom stereocenters. The fourth-order valence-electron chi connectivity index (χ4n) is 2.97. The van der Waals surface area contributed by atoms with Gasteiger partial charge >= 0.3 is 5.97 Å². The van der Waals surface area contributed by atoms with Gasteiger partial charge in [-0.25, -0.2) is 13.2 Å². The Hall–Kier alpha value is -2.81. The molecule has 0 amide bonds. The lowest BCUT2D eigenvalue weighted by Crippen LogP contribution is -2.18. The maximum absolute atomic E-state index is 12.8. The van der Waals surface area contributed by atoms with E-state index in [0.717, 1.165) is 0 Å². The average molecular weight is 437 g/mol. The summed E-state index contributed by atoms with van der Waals surface area (Å²) in [6, 6.07) is 12.9. The first kappa shape index (κ1) is 22.5. The molecule has 0 saturated heterocycles. The minimum absolute atomic E-state index is 0. The number of anilines is 1. The molecule has 0 atom stereocenters. The van der Waals surface area contributed by atoms with Crippen LogP contribution in [-0.2, 0) is 15.6 Å². The van der Waals surface area contributed by atoms with Crippen molar-refractivity contribution in [2.24, 2.45) is 5.73 Å². The van der Waals surface area contributed by atoms with Crippen LogP contribution in [-0.4, -0.2) is 32.6 Å². The van der Waals surface area contributed by atoms with Crippen molar-refractivity contribution in [3.8, 4) is 11.1 Å². The lowest BCUT2D eigenvalue weighted by Gasteiger charge is -2.17. The summed E-state index contributed by atoms with van der Waals surface area (Å²) in [4.78, 5) is 12.2. The van der Waals surface area contributed by atoms with E-state index in [0.29, 0.717) is 23.4 Å². The van der Waals surface area contributed by atoms with Gasteiger partial charge in [0, 0.05) is 24.2 Å². The summed E-state index contributed by atoms with van der Waals surface area (Å²) in [6.07, 6.45) is 2.98. The van der Waals surface area contributed by atoms with E-state index in [-0.39, 0.29) is 35.0 Å². The SMILES string of the molecule is Cl.NCCNc1c(-c2ccoc2)ccc(CS(=O)(=O)c2ccccc2)c1C(=O)O. The van der Waals surface area contributed by atoms with Crippen LogP contribution in [0.3, 0.4) is 0 Å². The molecular formula is C20H21ClN2O5S. The Morgan fingerprint density at radius 2 is 1.83 bits per heavy atom. The number of hydrogen-bond acceptors (Lipinski definition) is 6. The first-order chi connectivity index (χ1) is 13.4. The number of aromatic carboxylic acids is 1. The highest BCUT2D eigenvalue weighted by Crippen LogP contribution is 2.35. The smallest absolute Gasteiger partial charge is 0.338 e. The number of rotatable bonds is 8. The summed E-state index contributed by atoms with van der Waals surface area (Å²) in [7, 11) is -3.71. The molecule has 0 aliphatic heterocycles. The molecule has 2 aromatic carbocycles. The molecular weight excluding hydrogens is 416 g/mol. The van der Waals surface area contributed by atoms with Gasteiger partial charge in [-0.15, -0.1) is 12.4 Å². The van der Waals surface area contributed by atoms with E-state index in [2.05, 4.69) is 5.32 Å². The van der Waals surface area contributed by atoms with Gasteiger partial charge < -0.3 is 20.6 Å². The molecule has 3 aromatic rings. The zero-order valence-corrected chi connectivity index (χ0v) is 17.0. The van der Waals surface area contributed by atoms with E-state index in [9.17, 15) is 18.3 Å². The molecule has 0 fully saturated rings. The number of halogens is 1. The van der Waals surface area contributed by atoms with Crippen LogP contribution < -0.4 is 11.1 Å². The Morgan fingerprint density at radius 1 is 1.10 bits per heavy atom. The summed E-state index contributed by atoms with van der Waals surface area (Å²) in [5.74, 6) is -1.65. The van der Waals surface area contributed by atoms with Gasteiger partial charge in [-0.05, 0) is 23.8 Å². The van der Waals surface area contributed by atoms with Crippen molar-refractivity contribution in [2.75, 3.05) is 18.4 Å². The fraction of sp³-hybridized carbons (Fsp3) is 0.150. The second-order valence-corrected chi connectivity index (χ2v) is 8.12. The molecule has 4 N–H and O–H groups in total. The predicted octanol–water partition coefficient (Wildman–Crippen LogP) is 3.41. The van der Waals surface area contributed by atoms with Crippen molar-refractivity contribution in [2.45, 2.75) is 10.6 Å². The van der Waals surface area contributed by atoms with Crippen molar-refractivity contribution in [1.29, 1.82) is 0 Å². The van der Waals surface area contributed by atoms with E-state index >= 15 is 0 Å². The summed E-state index contributed by atoms with van der Waals surface area (Å²) in [5, 5.41) is 12.9. The van der Waals surface area contributed by atoms with Gasteiger partial charge in [0.05, 0.1) is 34.4 Å².